The molecule has 0 bridgehead atoms. The van der Waals surface area contributed by atoms with Gasteiger partial charge >= 0.3 is 0 Å². The molecule has 21 heavy (non-hydrogen) atoms. The number of anilines is 1. The SMILES string of the molecule is COc1ccc(Cl)cc1C1C(c2nc(N)[nH]c2C)C1(C)C. The van der Waals surface area contributed by atoms with Crippen LogP contribution in [0.5, 0.6) is 5.75 Å². The first-order valence-corrected chi connectivity index (χ1v) is 7.39. The van der Waals surface area contributed by atoms with Gasteiger partial charge in [-0.3, -0.25) is 0 Å². The highest BCUT2D eigenvalue weighted by Crippen LogP contribution is 2.71. The maximum atomic E-state index is 6.17. The van der Waals surface area contributed by atoms with E-state index >= 15 is 0 Å². The molecule has 2 atom stereocenters. The van der Waals surface area contributed by atoms with Crippen molar-refractivity contribution in [2.24, 2.45) is 5.41 Å². The summed E-state index contributed by atoms with van der Waals surface area (Å²) < 4.78 is 5.50. The predicted octanol–water partition coefficient (Wildman–Crippen LogP) is 3.87. The molecule has 1 aliphatic carbocycles. The first-order chi connectivity index (χ1) is 9.86. The van der Waals surface area contributed by atoms with Crippen molar-refractivity contribution < 1.29 is 4.74 Å². The van der Waals surface area contributed by atoms with E-state index in [1.807, 2.05) is 25.1 Å². The number of nitrogen functional groups attached to an aromatic ring is 1. The molecule has 3 rings (SSSR count). The Kier molecular flexibility index (Phi) is 3.17. The first-order valence-electron chi connectivity index (χ1n) is 7.01. The second-order valence-corrected chi connectivity index (χ2v) is 6.73. The number of methoxy groups -OCH3 is 1. The fraction of sp³-hybridized carbons (Fsp3) is 0.438. The zero-order valence-corrected chi connectivity index (χ0v) is 13.5. The fourth-order valence-corrected chi connectivity index (χ4v) is 3.66. The minimum atomic E-state index is 0.102. The predicted molar refractivity (Wildman–Crippen MR) is 85.0 cm³/mol. The topological polar surface area (TPSA) is 63.9 Å². The maximum absolute atomic E-state index is 6.17. The third-order valence-corrected chi connectivity index (χ3v) is 4.82. The Balaban J connectivity index is 2.04. The molecule has 1 aliphatic rings. The van der Waals surface area contributed by atoms with Gasteiger partial charge in [0, 0.05) is 22.6 Å². The van der Waals surface area contributed by atoms with Crippen molar-refractivity contribution in [2.45, 2.75) is 32.6 Å². The Morgan fingerprint density at radius 2 is 2.05 bits per heavy atom. The van der Waals surface area contributed by atoms with Crippen LogP contribution in [0.15, 0.2) is 18.2 Å². The van der Waals surface area contributed by atoms with E-state index in [2.05, 4.69) is 23.8 Å². The second kappa shape index (κ2) is 4.67. The molecular weight excluding hydrogens is 286 g/mol. The summed E-state index contributed by atoms with van der Waals surface area (Å²) in [7, 11) is 1.69. The molecule has 3 N–H and O–H groups in total. The monoisotopic (exact) mass is 305 g/mol. The average Bonchev–Trinajstić information content (AvgIpc) is 2.81. The Hall–Kier alpha value is -1.68. The number of rotatable bonds is 3. The molecule has 4 nitrogen and oxygen atoms in total. The Morgan fingerprint density at radius 3 is 2.62 bits per heavy atom. The molecule has 0 amide bonds. The van der Waals surface area contributed by atoms with Crippen LogP contribution in [-0.2, 0) is 0 Å². The Morgan fingerprint density at radius 1 is 1.33 bits per heavy atom. The first kappa shape index (κ1) is 14.3. The van der Waals surface area contributed by atoms with Crippen LogP contribution in [-0.4, -0.2) is 17.1 Å². The van der Waals surface area contributed by atoms with Crippen molar-refractivity contribution >= 4 is 17.5 Å². The number of hydrogen-bond acceptors (Lipinski definition) is 3. The van der Waals surface area contributed by atoms with Gasteiger partial charge in [0.15, 0.2) is 5.95 Å². The van der Waals surface area contributed by atoms with Crippen molar-refractivity contribution in [1.82, 2.24) is 9.97 Å². The quantitative estimate of drug-likeness (QED) is 0.904. The summed E-state index contributed by atoms with van der Waals surface area (Å²) in [5.74, 6) is 1.99. The van der Waals surface area contributed by atoms with Gasteiger partial charge in [0.05, 0.1) is 12.8 Å². The summed E-state index contributed by atoms with van der Waals surface area (Å²) in [4.78, 5) is 7.56. The van der Waals surface area contributed by atoms with Crippen molar-refractivity contribution in [3.8, 4) is 5.75 Å². The number of imidazole rings is 1. The van der Waals surface area contributed by atoms with E-state index in [9.17, 15) is 0 Å². The molecule has 2 aromatic rings. The number of nitrogens with one attached hydrogen (secondary N) is 1. The summed E-state index contributed by atoms with van der Waals surface area (Å²) in [5.41, 5.74) is 9.11. The number of nitrogens with zero attached hydrogens (tertiary/aromatic N) is 1. The normalized spacial score (nSPS) is 23.1. The van der Waals surface area contributed by atoms with Gasteiger partial charge in [-0.05, 0) is 36.1 Å². The molecule has 1 fully saturated rings. The van der Waals surface area contributed by atoms with E-state index in [1.165, 1.54) is 0 Å². The number of hydrogen-bond donors (Lipinski definition) is 2. The van der Waals surface area contributed by atoms with Gasteiger partial charge in [0.1, 0.15) is 5.75 Å². The number of aromatic nitrogens is 2. The Labute approximate surface area is 129 Å². The van der Waals surface area contributed by atoms with Crippen LogP contribution in [0.25, 0.3) is 0 Å². The fourth-order valence-electron chi connectivity index (χ4n) is 3.48. The summed E-state index contributed by atoms with van der Waals surface area (Å²) in [5, 5.41) is 0.727. The molecular formula is C16H20ClN3O. The van der Waals surface area contributed by atoms with Gasteiger partial charge in [-0.15, -0.1) is 0 Å². The van der Waals surface area contributed by atoms with Gasteiger partial charge in [-0.2, -0.15) is 0 Å². The van der Waals surface area contributed by atoms with Crippen LogP contribution < -0.4 is 10.5 Å². The van der Waals surface area contributed by atoms with Crippen LogP contribution >= 0.6 is 11.6 Å². The van der Waals surface area contributed by atoms with Gasteiger partial charge in [-0.25, -0.2) is 4.98 Å². The number of nitrogens with two attached hydrogens (primary N) is 1. The zero-order chi connectivity index (χ0) is 15.4. The van der Waals surface area contributed by atoms with Gasteiger partial charge in [0.2, 0.25) is 0 Å². The smallest absolute Gasteiger partial charge is 0.197 e. The van der Waals surface area contributed by atoms with Gasteiger partial charge in [0.25, 0.3) is 0 Å². The average molecular weight is 306 g/mol. The van der Waals surface area contributed by atoms with Crippen molar-refractivity contribution in [1.29, 1.82) is 0 Å². The number of halogens is 1. The van der Waals surface area contributed by atoms with Crippen molar-refractivity contribution in [3.63, 3.8) is 0 Å². The number of aryl methyl sites for hydroxylation is 1. The summed E-state index contributed by atoms with van der Waals surface area (Å²) >= 11 is 6.17. The minimum absolute atomic E-state index is 0.102. The van der Waals surface area contributed by atoms with Gasteiger partial charge in [-0.1, -0.05) is 25.4 Å². The number of aromatic amines is 1. The van der Waals surface area contributed by atoms with Crippen molar-refractivity contribution in [3.05, 3.63) is 40.2 Å². The van der Waals surface area contributed by atoms with Crippen LogP contribution in [0.4, 0.5) is 5.95 Å². The van der Waals surface area contributed by atoms with Crippen molar-refractivity contribution in [2.75, 3.05) is 12.8 Å². The zero-order valence-electron chi connectivity index (χ0n) is 12.7. The van der Waals surface area contributed by atoms with E-state index in [1.54, 1.807) is 7.11 Å². The molecule has 1 heterocycles. The highest BCUT2D eigenvalue weighted by Gasteiger charge is 2.61. The molecule has 5 heteroatoms. The molecule has 2 unspecified atom stereocenters. The van der Waals surface area contributed by atoms with E-state index in [4.69, 9.17) is 22.1 Å². The molecule has 112 valence electrons. The highest BCUT2D eigenvalue weighted by molar-refractivity contribution is 6.30. The lowest BCUT2D eigenvalue weighted by Gasteiger charge is -2.10. The van der Waals surface area contributed by atoms with Crippen LogP contribution in [0, 0.1) is 12.3 Å². The summed E-state index contributed by atoms with van der Waals surface area (Å²) in [6, 6.07) is 5.78. The van der Waals surface area contributed by atoms with E-state index in [0.717, 1.165) is 27.7 Å². The molecule has 1 aromatic carbocycles. The number of H-pyrrole nitrogens is 1. The summed E-state index contributed by atoms with van der Waals surface area (Å²) in [6.07, 6.45) is 0. The third kappa shape index (κ3) is 2.18. The number of benzene rings is 1. The standard InChI is InChI=1S/C16H20ClN3O/c1-8-14(20-15(18)19-8)13-12(16(13,2)3)10-7-9(17)5-6-11(10)21-4/h5-7,12-13H,1-4H3,(H3,18,19,20). The molecule has 0 radical (unpaired) electrons. The molecule has 0 aliphatic heterocycles. The number of ether oxygens (including phenoxy) is 1. The van der Waals surface area contributed by atoms with Crippen LogP contribution in [0.3, 0.4) is 0 Å². The van der Waals surface area contributed by atoms with E-state index in [0.29, 0.717) is 17.8 Å². The van der Waals surface area contributed by atoms with Crippen LogP contribution in [0.2, 0.25) is 5.02 Å². The highest BCUT2D eigenvalue weighted by atomic mass is 35.5. The lowest BCUT2D eigenvalue weighted by molar-refractivity contribution is 0.407. The largest absolute Gasteiger partial charge is 0.496 e. The minimum Gasteiger partial charge on any atom is -0.496 e. The molecule has 0 saturated heterocycles. The lowest BCUT2D eigenvalue weighted by atomic mass is 10.0. The Bertz CT molecular complexity index is 693. The maximum Gasteiger partial charge on any atom is 0.197 e. The third-order valence-electron chi connectivity index (χ3n) is 4.59. The summed E-state index contributed by atoms with van der Waals surface area (Å²) in [6.45, 7) is 6.50. The van der Waals surface area contributed by atoms with Crippen LogP contribution in [0.1, 0.15) is 42.6 Å². The molecule has 1 aromatic heterocycles. The van der Waals surface area contributed by atoms with E-state index in [-0.39, 0.29) is 5.41 Å². The lowest BCUT2D eigenvalue weighted by Crippen LogP contribution is -1.94. The van der Waals surface area contributed by atoms with Gasteiger partial charge < -0.3 is 15.5 Å². The molecule has 1 saturated carbocycles. The van der Waals surface area contributed by atoms with E-state index < -0.39 is 0 Å². The molecule has 0 spiro atoms. The second-order valence-electron chi connectivity index (χ2n) is 6.30.